The van der Waals surface area contributed by atoms with E-state index in [1.54, 1.807) is 30.6 Å². The van der Waals surface area contributed by atoms with Gasteiger partial charge in [-0.1, -0.05) is 0 Å². The third kappa shape index (κ3) is 2.38. The maximum absolute atomic E-state index is 11.2. The van der Waals surface area contributed by atoms with Gasteiger partial charge in [0.2, 0.25) is 0 Å². The van der Waals surface area contributed by atoms with Crippen LogP contribution in [-0.2, 0) is 0 Å². The van der Waals surface area contributed by atoms with Gasteiger partial charge in [-0.2, -0.15) is 0 Å². The molecule has 3 aromatic rings. The summed E-state index contributed by atoms with van der Waals surface area (Å²) in [5.74, 6) is 0.454. The van der Waals surface area contributed by atoms with Gasteiger partial charge in [-0.05, 0) is 38.0 Å². The number of imidazole rings is 1. The van der Waals surface area contributed by atoms with Crippen molar-refractivity contribution in [2.24, 2.45) is 0 Å². The maximum atomic E-state index is 11.2. The number of aromatic amines is 1. The Labute approximate surface area is 138 Å². The summed E-state index contributed by atoms with van der Waals surface area (Å²) in [5, 5.41) is 9.20. The molecule has 2 aromatic heterocycles. The monoisotopic (exact) mass is 323 g/mol. The molecule has 1 fully saturated rings. The van der Waals surface area contributed by atoms with Gasteiger partial charge in [0.05, 0.1) is 16.6 Å². The zero-order valence-corrected chi connectivity index (χ0v) is 13.2. The number of aromatic carboxylic acids is 1. The lowest BCUT2D eigenvalue weighted by Gasteiger charge is -2.24. The zero-order valence-electron chi connectivity index (χ0n) is 13.2. The fourth-order valence-electron chi connectivity index (χ4n) is 3.18. The SMILES string of the molecule is CC1CCCN1c1nc2cc(C(=O)O)ccc2nc1-c1ncc[nH]1. The van der Waals surface area contributed by atoms with E-state index in [0.29, 0.717) is 28.6 Å². The highest BCUT2D eigenvalue weighted by atomic mass is 16.4. The van der Waals surface area contributed by atoms with Crippen molar-refractivity contribution in [2.45, 2.75) is 25.8 Å². The molecule has 4 rings (SSSR count). The van der Waals surface area contributed by atoms with Gasteiger partial charge < -0.3 is 15.0 Å². The molecule has 1 atom stereocenters. The van der Waals surface area contributed by atoms with Crippen molar-refractivity contribution < 1.29 is 9.90 Å². The molecule has 1 saturated heterocycles. The summed E-state index contributed by atoms with van der Waals surface area (Å²) in [6, 6.07) is 5.17. The molecule has 0 saturated carbocycles. The second-order valence-electron chi connectivity index (χ2n) is 6.03. The second-order valence-corrected chi connectivity index (χ2v) is 6.03. The molecule has 1 unspecified atom stereocenters. The first kappa shape index (κ1) is 14.6. The minimum absolute atomic E-state index is 0.211. The number of carboxylic acid groups (broad SMARTS) is 1. The highest BCUT2D eigenvalue weighted by Crippen LogP contribution is 2.32. The van der Waals surface area contributed by atoms with Crippen LogP contribution in [0.2, 0.25) is 0 Å². The number of hydrogen-bond acceptors (Lipinski definition) is 5. The topological polar surface area (TPSA) is 95.0 Å². The van der Waals surface area contributed by atoms with Crippen LogP contribution in [0.25, 0.3) is 22.6 Å². The van der Waals surface area contributed by atoms with E-state index >= 15 is 0 Å². The summed E-state index contributed by atoms with van der Waals surface area (Å²) in [4.78, 5) is 30.3. The van der Waals surface area contributed by atoms with Crippen molar-refractivity contribution in [1.82, 2.24) is 19.9 Å². The molecule has 0 spiro atoms. The Balaban J connectivity index is 1.94. The van der Waals surface area contributed by atoms with Crippen LogP contribution in [0.15, 0.2) is 30.6 Å². The van der Waals surface area contributed by atoms with Gasteiger partial charge in [-0.25, -0.2) is 19.7 Å². The predicted molar refractivity (Wildman–Crippen MR) is 90.1 cm³/mol. The van der Waals surface area contributed by atoms with Crippen LogP contribution in [0.5, 0.6) is 0 Å². The molecular formula is C17H17N5O2. The number of H-pyrrole nitrogens is 1. The quantitative estimate of drug-likeness (QED) is 0.769. The second kappa shape index (κ2) is 5.59. The van der Waals surface area contributed by atoms with Crippen LogP contribution in [0.4, 0.5) is 5.82 Å². The summed E-state index contributed by atoms with van der Waals surface area (Å²) < 4.78 is 0. The first-order valence-electron chi connectivity index (χ1n) is 7.95. The average molecular weight is 323 g/mol. The normalized spacial score (nSPS) is 17.5. The summed E-state index contributed by atoms with van der Waals surface area (Å²) in [6.45, 7) is 3.08. The van der Waals surface area contributed by atoms with Gasteiger partial charge in [0.15, 0.2) is 11.6 Å². The first-order chi connectivity index (χ1) is 11.6. The van der Waals surface area contributed by atoms with E-state index in [1.807, 2.05) is 0 Å². The molecule has 3 heterocycles. The van der Waals surface area contributed by atoms with Crippen LogP contribution in [0, 0.1) is 0 Å². The number of anilines is 1. The summed E-state index contributed by atoms with van der Waals surface area (Å²) in [5.41, 5.74) is 2.15. The zero-order chi connectivity index (χ0) is 16.7. The predicted octanol–water partition coefficient (Wildman–Crippen LogP) is 2.71. The Kier molecular flexibility index (Phi) is 3.41. The molecular weight excluding hydrogens is 306 g/mol. The Morgan fingerprint density at radius 3 is 2.88 bits per heavy atom. The number of nitrogens with zero attached hydrogens (tertiary/aromatic N) is 4. The molecule has 1 aliphatic rings. The van der Waals surface area contributed by atoms with Crippen molar-refractivity contribution in [3.05, 3.63) is 36.2 Å². The van der Waals surface area contributed by atoms with Crippen LogP contribution < -0.4 is 4.90 Å². The lowest BCUT2D eigenvalue weighted by atomic mass is 10.2. The average Bonchev–Trinajstić information content (AvgIpc) is 3.24. The molecule has 7 nitrogen and oxygen atoms in total. The Morgan fingerprint density at radius 2 is 2.21 bits per heavy atom. The third-order valence-corrected chi connectivity index (χ3v) is 4.44. The van der Waals surface area contributed by atoms with Gasteiger partial charge in [0, 0.05) is 25.0 Å². The highest BCUT2D eigenvalue weighted by molar-refractivity contribution is 5.93. The fourth-order valence-corrected chi connectivity index (χ4v) is 3.18. The van der Waals surface area contributed by atoms with Crippen molar-refractivity contribution in [2.75, 3.05) is 11.4 Å². The van der Waals surface area contributed by atoms with Gasteiger partial charge in [-0.3, -0.25) is 0 Å². The fraction of sp³-hybridized carbons (Fsp3) is 0.294. The van der Waals surface area contributed by atoms with E-state index < -0.39 is 5.97 Å². The first-order valence-corrected chi connectivity index (χ1v) is 7.95. The summed E-state index contributed by atoms with van der Waals surface area (Å²) in [7, 11) is 0. The van der Waals surface area contributed by atoms with Gasteiger partial charge in [-0.15, -0.1) is 0 Å². The third-order valence-electron chi connectivity index (χ3n) is 4.44. The van der Waals surface area contributed by atoms with Crippen molar-refractivity contribution in [3.63, 3.8) is 0 Å². The Bertz CT molecular complexity index is 907. The molecule has 2 N–H and O–H groups in total. The number of hydrogen-bond donors (Lipinski definition) is 2. The lowest BCUT2D eigenvalue weighted by molar-refractivity contribution is 0.0697. The number of rotatable bonds is 3. The molecule has 122 valence electrons. The number of carboxylic acids is 1. The van der Waals surface area contributed by atoms with Gasteiger partial charge in [0.25, 0.3) is 0 Å². The maximum Gasteiger partial charge on any atom is 0.335 e. The van der Waals surface area contributed by atoms with Crippen LogP contribution in [0.1, 0.15) is 30.1 Å². The molecule has 7 heteroatoms. The molecule has 0 radical (unpaired) electrons. The van der Waals surface area contributed by atoms with E-state index in [2.05, 4.69) is 21.8 Å². The lowest BCUT2D eigenvalue weighted by Crippen LogP contribution is -2.28. The van der Waals surface area contributed by atoms with Crippen LogP contribution >= 0.6 is 0 Å². The summed E-state index contributed by atoms with van der Waals surface area (Å²) in [6.07, 6.45) is 5.65. The van der Waals surface area contributed by atoms with Crippen molar-refractivity contribution in [1.29, 1.82) is 0 Å². The molecule has 24 heavy (non-hydrogen) atoms. The number of carbonyl (C=O) groups is 1. The minimum atomic E-state index is -0.968. The Morgan fingerprint density at radius 1 is 1.33 bits per heavy atom. The van der Waals surface area contributed by atoms with Gasteiger partial charge >= 0.3 is 5.97 Å². The van der Waals surface area contributed by atoms with E-state index in [-0.39, 0.29) is 5.56 Å². The molecule has 0 bridgehead atoms. The highest BCUT2D eigenvalue weighted by Gasteiger charge is 2.26. The number of benzene rings is 1. The van der Waals surface area contributed by atoms with Crippen molar-refractivity contribution in [3.8, 4) is 11.5 Å². The summed E-state index contributed by atoms with van der Waals surface area (Å²) >= 11 is 0. The van der Waals surface area contributed by atoms with Crippen LogP contribution in [0.3, 0.4) is 0 Å². The Hall–Kier alpha value is -2.96. The van der Waals surface area contributed by atoms with Crippen LogP contribution in [-0.4, -0.2) is 43.6 Å². The minimum Gasteiger partial charge on any atom is -0.478 e. The molecule has 1 aliphatic heterocycles. The van der Waals surface area contributed by atoms with E-state index in [9.17, 15) is 9.90 Å². The molecule has 0 amide bonds. The number of nitrogens with one attached hydrogen (secondary N) is 1. The van der Waals surface area contributed by atoms with E-state index in [1.165, 1.54) is 0 Å². The molecule has 1 aromatic carbocycles. The standard InChI is InChI=1S/C17H17N5O2/c1-10-3-2-8-22(10)16-14(15-18-6-7-19-15)20-12-5-4-11(17(23)24)9-13(12)21-16/h4-7,9-10H,2-3,8H2,1H3,(H,18,19)(H,23,24). The largest absolute Gasteiger partial charge is 0.478 e. The smallest absolute Gasteiger partial charge is 0.335 e. The van der Waals surface area contributed by atoms with E-state index in [4.69, 9.17) is 9.97 Å². The van der Waals surface area contributed by atoms with Gasteiger partial charge in [0.1, 0.15) is 5.69 Å². The van der Waals surface area contributed by atoms with E-state index in [0.717, 1.165) is 25.2 Å². The number of fused-ring (bicyclic) bond motifs is 1. The molecule has 0 aliphatic carbocycles. The van der Waals surface area contributed by atoms with Crippen molar-refractivity contribution >= 4 is 22.8 Å². The number of aromatic nitrogens is 4.